The average Bonchev–Trinajstić information content (AvgIpc) is 2.92. The molecule has 3 rings (SSSR count). The number of hydrogen-bond donors (Lipinski definition) is 0. The van der Waals surface area contributed by atoms with E-state index in [1.54, 1.807) is 6.92 Å². The molecule has 0 amide bonds. The lowest BCUT2D eigenvalue weighted by Gasteiger charge is -2.27. The van der Waals surface area contributed by atoms with E-state index in [0.29, 0.717) is 24.5 Å². The van der Waals surface area contributed by atoms with Crippen molar-refractivity contribution in [2.75, 3.05) is 12.4 Å². The van der Waals surface area contributed by atoms with E-state index in [4.69, 9.17) is 4.42 Å². The first-order valence-electron chi connectivity index (χ1n) is 12.9. The van der Waals surface area contributed by atoms with Gasteiger partial charge in [0.05, 0.1) is 16.9 Å². The van der Waals surface area contributed by atoms with Crippen LogP contribution in [-0.4, -0.2) is 43.1 Å². The Hall–Kier alpha value is -3.68. The Bertz CT molecular complexity index is 1660. The molecule has 2 aromatic carbocycles. The quantitative estimate of drug-likeness (QED) is 0.0388. The van der Waals surface area contributed by atoms with E-state index >= 15 is 0 Å². The maximum Gasteiger partial charge on any atom is 0.496 e. The van der Waals surface area contributed by atoms with Gasteiger partial charge in [-0.15, -0.1) is 29.3 Å². The topological polar surface area (TPSA) is 84.2 Å². The van der Waals surface area contributed by atoms with Gasteiger partial charge >= 0.3 is 42.6 Å². The lowest BCUT2D eigenvalue weighted by Crippen LogP contribution is -2.46. The van der Waals surface area contributed by atoms with Gasteiger partial charge in [-0.2, -0.15) is 30.7 Å². The Labute approximate surface area is 261 Å². The van der Waals surface area contributed by atoms with Crippen molar-refractivity contribution in [3.05, 3.63) is 76.7 Å². The zero-order chi connectivity index (χ0) is 35.4. The minimum Gasteiger partial charge on any atom is -0.453 e. The van der Waals surface area contributed by atoms with Crippen LogP contribution in [0.5, 0.6) is 0 Å². The normalized spacial score (nSPS) is 13.2. The smallest absolute Gasteiger partial charge is 0.453 e. The lowest BCUT2D eigenvalue weighted by atomic mass is 9.96. The van der Waals surface area contributed by atoms with Gasteiger partial charge in [-0.05, 0) is 36.2 Å². The molecule has 0 saturated carbocycles. The van der Waals surface area contributed by atoms with Gasteiger partial charge in [0.25, 0.3) is 0 Å². The number of carbonyl (C=O) groups excluding carboxylic acids is 1. The number of carbonyl (C=O) groups is 1. The Morgan fingerprint density at radius 2 is 1.49 bits per heavy atom. The van der Waals surface area contributed by atoms with Crippen LogP contribution in [0.1, 0.15) is 24.5 Å². The largest absolute Gasteiger partial charge is 0.496 e. The Kier molecular flexibility index (Phi) is 11.4. The Balaban J connectivity index is 1.73. The summed E-state index contributed by atoms with van der Waals surface area (Å²) in [6.45, 7) is 2.39. The van der Waals surface area contributed by atoms with E-state index < -0.39 is 71.6 Å². The van der Waals surface area contributed by atoms with Crippen LogP contribution >= 0.6 is 11.8 Å². The first-order chi connectivity index (χ1) is 21.6. The first-order valence-corrected chi connectivity index (χ1v) is 13.9. The van der Waals surface area contributed by atoms with Gasteiger partial charge in [0.1, 0.15) is 5.58 Å². The van der Waals surface area contributed by atoms with Gasteiger partial charge in [-0.1, -0.05) is 38.1 Å². The van der Waals surface area contributed by atoms with E-state index in [1.807, 2.05) is 0 Å². The number of thioether (sulfide) groups is 1. The second-order valence-corrected chi connectivity index (χ2v) is 10.4. The molecule has 1 heterocycles. The molecular formula is C28H21F11O7S. The summed E-state index contributed by atoms with van der Waals surface area (Å²) >= 11 is 0.0708. The molecule has 7 nitrogen and oxygen atoms in total. The minimum absolute atomic E-state index is 0.0518. The third-order valence-electron chi connectivity index (χ3n) is 5.66. The van der Waals surface area contributed by atoms with Crippen LogP contribution in [0.2, 0.25) is 0 Å². The van der Waals surface area contributed by atoms with Crippen molar-refractivity contribution in [3.63, 3.8) is 0 Å². The number of halogens is 11. The van der Waals surface area contributed by atoms with Crippen LogP contribution in [0.25, 0.3) is 22.1 Å². The Morgan fingerprint density at radius 3 is 2.09 bits per heavy atom. The third-order valence-corrected chi connectivity index (χ3v) is 6.72. The van der Waals surface area contributed by atoms with Crippen molar-refractivity contribution in [1.82, 2.24) is 0 Å². The van der Waals surface area contributed by atoms with Crippen molar-refractivity contribution in [2.24, 2.45) is 0 Å². The highest BCUT2D eigenvalue weighted by Crippen LogP contribution is 2.40. The summed E-state index contributed by atoms with van der Waals surface area (Å²) in [4.78, 5) is 23.2. The van der Waals surface area contributed by atoms with E-state index in [1.165, 1.54) is 6.07 Å². The van der Waals surface area contributed by atoms with Crippen molar-refractivity contribution >= 4 is 28.7 Å². The molecule has 0 unspecified atom stereocenters. The lowest BCUT2D eigenvalue weighted by molar-refractivity contribution is -0.572. The fourth-order valence-electron chi connectivity index (χ4n) is 3.84. The molecule has 0 saturated heterocycles. The maximum atomic E-state index is 14.1. The molecule has 0 aliphatic rings. The summed E-state index contributed by atoms with van der Waals surface area (Å²) in [6, 6.07) is 7.74. The highest BCUT2D eigenvalue weighted by molar-refractivity contribution is 7.99. The average molecular weight is 711 g/mol. The van der Waals surface area contributed by atoms with Gasteiger partial charge in [-0.25, -0.2) is 23.8 Å². The number of benzene rings is 2. The van der Waals surface area contributed by atoms with Gasteiger partial charge in [0.15, 0.2) is 6.61 Å². The molecule has 47 heavy (non-hydrogen) atoms. The summed E-state index contributed by atoms with van der Waals surface area (Å²) in [5.41, 5.74) is -3.14. The van der Waals surface area contributed by atoms with Gasteiger partial charge in [0, 0.05) is 21.9 Å². The molecule has 0 aliphatic carbocycles. The molecule has 0 bridgehead atoms. The molecule has 0 spiro atoms. The molecule has 0 N–H and O–H groups in total. The summed E-state index contributed by atoms with van der Waals surface area (Å²) in [6.07, 6.45) is -25.5. The van der Waals surface area contributed by atoms with Gasteiger partial charge < -0.3 is 9.15 Å². The maximum absolute atomic E-state index is 14.1. The predicted octanol–water partition coefficient (Wildman–Crippen LogP) is 8.59. The predicted molar refractivity (Wildman–Crippen MR) is 142 cm³/mol. The highest BCUT2D eigenvalue weighted by Gasteiger charge is 2.56. The molecule has 3 aromatic rings. The van der Waals surface area contributed by atoms with Crippen molar-refractivity contribution in [3.8, 4) is 11.1 Å². The molecule has 0 radical (unpaired) electrons. The van der Waals surface area contributed by atoms with Crippen LogP contribution < -0.4 is 5.63 Å². The fourth-order valence-corrected chi connectivity index (χ4v) is 4.59. The van der Waals surface area contributed by atoms with Crippen molar-refractivity contribution < 1.29 is 76.5 Å². The highest BCUT2D eigenvalue weighted by atomic mass is 32.2. The number of aryl methyl sites for hydroxylation is 1. The summed E-state index contributed by atoms with van der Waals surface area (Å²) < 4.78 is 168. The van der Waals surface area contributed by atoms with E-state index in [9.17, 15) is 57.9 Å². The molecule has 258 valence electrons. The molecule has 0 aliphatic heterocycles. The van der Waals surface area contributed by atoms with Crippen LogP contribution in [0.3, 0.4) is 0 Å². The van der Waals surface area contributed by atoms with E-state index in [2.05, 4.69) is 25.5 Å². The molecule has 0 atom stereocenters. The van der Waals surface area contributed by atoms with Gasteiger partial charge in [0.2, 0.25) is 0 Å². The summed E-state index contributed by atoms with van der Waals surface area (Å²) in [7, 11) is 0. The molecule has 19 heteroatoms. The monoisotopic (exact) mass is 710 g/mol. The van der Waals surface area contributed by atoms with Crippen LogP contribution in [0.4, 0.5) is 48.3 Å². The molecule has 1 aromatic heterocycles. The minimum atomic E-state index is -5.94. The summed E-state index contributed by atoms with van der Waals surface area (Å²) in [5, 5.41) is 0.0518. The van der Waals surface area contributed by atoms with E-state index in [0.717, 1.165) is 36.4 Å². The zero-order valence-corrected chi connectivity index (χ0v) is 24.4. The number of ether oxygens (including phenoxy) is 4. The summed E-state index contributed by atoms with van der Waals surface area (Å²) in [5.74, 6) is -3.24. The molecular weight excluding hydrogens is 689 g/mol. The fraction of sp³-hybridized carbons (Fsp3) is 0.357. The van der Waals surface area contributed by atoms with Crippen LogP contribution in [0, 0.1) is 0 Å². The van der Waals surface area contributed by atoms with E-state index in [-0.39, 0.29) is 27.6 Å². The first kappa shape index (κ1) is 37.8. The number of alkyl halides is 11. The molecule has 0 fully saturated rings. The van der Waals surface area contributed by atoms with Crippen molar-refractivity contribution in [2.45, 2.75) is 55.6 Å². The number of esters is 1. The number of hydrogen-bond acceptors (Lipinski definition) is 8. The number of rotatable bonds is 15. The zero-order valence-electron chi connectivity index (χ0n) is 23.6. The third kappa shape index (κ3) is 10.9. The second kappa shape index (κ2) is 14.2. The van der Waals surface area contributed by atoms with Crippen LogP contribution in [-0.2, 0) is 36.3 Å². The second-order valence-electron chi connectivity index (χ2n) is 9.38. The van der Waals surface area contributed by atoms with Crippen LogP contribution in [0.15, 0.2) is 69.2 Å². The van der Waals surface area contributed by atoms with Gasteiger partial charge in [-0.3, -0.25) is 0 Å². The Morgan fingerprint density at radius 1 is 0.851 bits per heavy atom. The number of fused-ring (bicyclic) bond motifs is 1. The SMILES string of the molecule is C=CC(=O)OCC(F)(F)OC(F)(F)OC(F)(F)OC(F)(F)CSc1ccc2cc(-c3ccc(CCC)cc3C(F)(F)F)c(=O)oc2c1. The standard InChI is InChI=1S/C28H21F11O7S/c1-3-5-15-6-9-18(20(10-15)26(33,34)35)19-11-16-7-8-17(12-21(16)43-23(19)41)47-14-25(31,32)45-28(38,39)46-27(36,37)44-24(29,30)13-42-22(40)4-2/h4,6-12H,2-3,5,13-14H2,1H3. The van der Waals surface area contributed by atoms with Crippen molar-refractivity contribution in [1.29, 1.82) is 0 Å².